The largest absolute Gasteiger partial charge is 0.507 e. The standard InChI is InChI=1S/C22H24ClNO4S/c1-3-5-6-11-24-19(17-8-7-12-29-17)18(21(26)22(24)27)20(25)15-13-14(28-4-2)9-10-16(15)23/h7-10,12-13,19,25H,3-6,11H2,1-2H3/b20-18-. The van der Waals surface area contributed by atoms with Gasteiger partial charge >= 0.3 is 0 Å². The van der Waals surface area contributed by atoms with Crippen LogP contribution in [0.4, 0.5) is 0 Å². The summed E-state index contributed by atoms with van der Waals surface area (Å²) < 4.78 is 5.50. The summed E-state index contributed by atoms with van der Waals surface area (Å²) in [5, 5.41) is 13.3. The molecule has 1 aromatic heterocycles. The topological polar surface area (TPSA) is 66.8 Å². The third-order valence-electron chi connectivity index (χ3n) is 4.86. The van der Waals surface area contributed by atoms with Crippen molar-refractivity contribution in [3.8, 4) is 5.75 Å². The minimum atomic E-state index is -0.685. The smallest absolute Gasteiger partial charge is 0.295 e. The number of halogens is 1. The summed E-state index contributed by atoms with van der Waals surface area (Å²) in [5.41, 5.74) is 0.357. The van der Waals surface area contributed by atoms with E-state index < -0.39 is 17.7 Å². The Morgan fingerprint density at radius 3 is 2.69 bits per heavy atom. The summed E-state index contributed by atoms with van der Waals surface area (Å²) in [6.07, 6.45) is 2.77. The molecule has 1 saturated heterocycles. The molecular formula is C22H24ClNO4S. The van der Waals surface area contributed by atoms with Crippen LogP contribution < -0.4 is 4.74 Å². The van der Waals surface area contributed by atoms with Gasteiger partial charge in [-0.2, -0.15) is 0 Å². The van der Waals surface area contributed by atoms with Crippen molar-refractivity contribution in [3.63, 3.8) is 0 Å². The summed E-state index contributed by atoms with van der Waals surface area (Å²) in [7, 11) is 0. The summed E-state index contributed by atoms with van der Waals surface area (Å²) >= 11 is 7.76. The number of carbonyl (C=O) groups excluding carboxylic acids is 2. The number of Topliss-reactive ketones (excluding diaryl/α,β-unsaturated/α-hetero) is 1. The quantitative estimate of drug-likeness (QED) is 0.261. The number of carbonyl (C=O) groups is 2. The molecular weight excluding hydrogens is 410 g/mol. The van der Waals surface area contributed by atoms with Crippen molar-refractivity contribution in [1.29, 1.82) is 0 Å². The van der Waals surface area contributed by atoms with Gasteiger partial charge in [-0.3, -0.25) is 9.59 Å². The van der Waals surface area contributed by atoms with Gasteiger partial charge in [-0.25, -0.2) is 0 Å². The van der Waals surface area contributed by atoms with Crippen LogP contribution in [-0.2, 0) is 9.59 Å². The zero-order valence-electron chi connectivity index (χ0n) is 16.5. The Morgan fingerprint density at radius 2 is 2.03 bits per heavy atom. The number of ketones is 1. The maximum Gasteiger partial charge on any atom is 0.295 e. The Bertz CT molecular complexity index is 923. The molecule has 2 aromatic rings. The Balaban J connectivity index is 2.11. The second-order valence-corrected chi connectivity index (χ2v) is 8.18. The van der Waals surface area contributed by atoms with E-state index in [2.05, 4.69) is 6.92 Å². The fraction of sp³-hybridized carbons (Fsp3) is 0.364. The van der Waals surface area contributed by atoms with Gasteiger partial charge in [0.15, 0.2) is 0 Å². The van der Waals surface area contributed by atoms with E-state index in [-0.39, 0.29) is 21.9 Å². The lowest BCUT2D eigenvalue weighted by atomic mass is 9.99. The number of rotatable bonds is 8. The van der Waals surface area contributed by atoms with Crippen LogP contribution in [0.5, 0.6) is 5.75 Å². The second-order valence-electron chi connectivity index (χ2n) is 6.79. The molecule has 29 heavy (non-hydrogen) atoms. The van der Waals surface area contributed by atoms with E-state index in [1.807, 2.05) is 24.4 Å². The minimum absolute atomic E-state index is 0.0736. The van der Waals surface area contributed by atoms with Crippen LogP contribution in [0.3, 0.4) is 0 Å². The molecule has 1 aliphatic rings. The number of hydrogen-bond donors (Lipinski definition) is 1. The first-order chi connectivity index (χ1) is 14.0. The fourth-order valence-electron chi connectivity index (χ4n) is 3.47. The summed E-state index contributed by atoms with van der Waals surface area (Å²) in [6.45, 7) is 4.86. The first kappa shape index (κ1) is 21.4. The van der Waals surface area contributed by atoms with Crippen LogP contribution in [-0.4, -0.2) is 34.8 Å². The molecule has 3 rings (SSSR count). The Labute approximate surface area is 179 Å². The van der Waals surface area contributed by atoms with Gasteiger partial charge < -0.3 is 14.7 Å². The molecule has 2 heterocycles. The molecule has 0 bridgehead atoms. The molecule has 0 aliphatic carbocycles. The van der Waals surface area contributed by atoms with E-state index in [1.54, 1.807) is 23.1 Å². The third kappa shape index (κ3) is 4.33. The number of benzene rings is 1. The van der Waals surface area contributed by atoms with E-state index in [0.717, 1.165) is 24.1 Å². The summed E-state index contributed by atoms with van der Waals surface area (Å²) in [6, 6.07) is 8.03. The van der Waals surface area contributed by atoms with Crippen LogP contribution in [0, 0.1) is 0 Å². The molecule has 7 heteroatoms. The number of aliphatic hydroxyl groups is 1. The van der Waals surface area contributed by atoms with Gasteiger partial charge in [0.2, 0.25) is 0 Å². The van der Waals surface area contributed by atoms with E-state index in [9.17, 15) is 14.7 Å². The molecule has 154 valence electrons. The van der Waals surface area contributed by atoms with Crippen molar-refractivity contribution in [3.05, 3.63) is 56.7 Å². The molecule has 1 aliphatic heterocycles. The van der Waals surface area contributed by atoms with E-state index in [0.29, 0.717) is 18.9 Å². The zero-order valence-corrected chi connectivity index (χ0v) is 18.1. The number of amides is 1. The van der Waals surface area contributed by atoms with Crippen molar-refractivity contribution in [2.45, 2.75) is 39.2 Å². The number of aliphatic hydroxyl groups excluding tert-OH is 1. The van der Waals surface area contributed by atoms with Gasteiger partial charge in [-0.05, 0) is 43.0 Å². The first-order valence-electron chi connectivity index (χ1n) is 9.74. The number of hydrogen-bond acceptors (Lipinski definition) is 5. The Morgan fingerprint density at radius 1 is 1.24 bits per heavy atom. The molecule has 1 unspecified atom stereocenters. The van der Waals surface area contributed by atoms with Gasteiger partial charge in [0.1, 0.15) is 11.5 Å². The molecule has 0 radical (unpaired) electrons. The maximum absolute atomic E-state index is 12.9. The van der Waals surface area contributed by atoms with Crippen molar-refractivity contribution >= 4 is 40.4 Å². The Hall–Kier alpha value is -2.31. The predicted octanol–water partition coefficient (Wildman–Crippen LogP) is 5.41. The van der Waals surface area contributed by atoms with Gasteiger partial charge in [0, 0.05) is 17.0 Å². The SMILES string of the molecule is CCCCCN1C(=O)C(=O)/C(=C(\O)c2cc(OCC)ccc2Cl)C1c1cccs1. The first-order valence-corrected chi connectivity index (χ1v) is 11.0. The molecule has 5 nitrogen and oxygen atoms in total. The number of ether oxygens (including phenoxy) is 1. The van der Waals surface area contributed by atoms with Crippen LogP contribution in [0.1, 0.15) is 49.6 Å². The fourth-order valence-corrected chi connectivity index (χ4v) is 4.53. The highest BCUT2D eigenvalue weighted by Gasteiger charge is 2.46. The maximum atomic E-state index is 12.9. The van der Waals surface area contributed by atoms with Crippen molar-refractivity contribution in [1.82, 2.24) is 4.90 Å². The van der Waals surface area contributed by atoms with Crippen molar-refractivity contribution in [2.24, 2.45) is 0 Å². The minimum Gasteiger partial charge on any atom is -0.507 e. The van der Waals surface area contributed by atoms with Gasteiger partial charge in [0.25, 0.3) is 11.7 Å². The Kier molecular flexibility index (Phi) is 6.98. The third-order valence-corrected chi connectivity index (χ3v) is 6.11. The molecule has 1 atom stereocenters. The molecule has 1 fully saturated rings. The van der Waals surface area contributed by atoms with Crippen LogP contribution in [0.15, 0.2) is 41.3 Å². The van der Waals surface area contributed by atoms with Crippen molar-refractivity contribution in [2.75, 3.05) is 13.2 Å². The number of unbranched alkanes of at least 4 members (excludes halogenated alkanes) is 2. The molecule has 1 N–H and O–H groups in total. The molecule has 0 saturated carbocycles. The predicted molar refractivity (Wildman–Crippen MR) is 115 cm³/mol. The van der Waals surface area contributed by atoms with E-state index in [4.69, 9.17) is 16.3 Å². The van der Waals surface area contributed by atoms with E-state index in [1.165, 1.54) is 11.3 Å². The lowest BCUT2D eigenvalue weighted by Gasteiger charge is -2.24. The van der Waals surface area contributed by atoms with Crippen LogP contribution in [0.2, 0.25) is 5.02 Å². The summed E-state index contributed by atoms with van der Waals surface area (Å²) in [4.78, 5) is 28.1. The highest BCUT2D eigenvalue weighted by atomic mass is 35.5. The van der Waals surface area contributed by atoms with Crippen LogP contribution in [0.25, 0.3) is 5.76 Å². The van der Waals surface area contributed by atoms with E-state index >= 15 is 0 Å². The lowest BCUT2D eigenvalue weighted by molar-refractivity contribution is -0.139. The highest BCUT2D eigenvalue weighted by molar-refractivity contribution is 7.10. The number of nitrogens with zero attached hydrogens (tertiary/aromatic N) is 1. The second kappa shape index (κ2) is 9.46. The number of thiophene rings is 1. The van der Waals surface area contributed by atoms with Gasteiger partial charge in [-0.1, -0.05) is 37.4 Å². The average molecular weight is 434 g/mol. The highest BCUT2D eigenvalue weighted by Crippen LogP contribution is 2.42. The lowest BCUT2D eigenvalue weighted by Crippen LogP contribution is -2.30. The summed E-state index contributed by atoms with van der Waals surface area (Å²) in [5.74, 6) is -1.01. The monoisotopic (exact) mass is 433 g/mol. The molecule has 1 amide bonds. The zero-order chi connectivity index (χ0) is 21.0. The van der Waals surface area contributed by atoms with Crippen molar-refractivity contribution < 1.29 is 19.4 Å². The molecule has 0 spiro atoms. The normalized spacial score (nSPS) is 18.4. The van der Waals surface area contributed by atoms with Gasteiger partial charge in [-0.15, -0.1) is 11.3 Å². The molecule has 1 aromatic carbocycles. The average Bonchev–Trinajstić information content (AvgIpc) is 3.32. The van der Waals surface area contributed by atoms with Gasteiger partial charge in [0.05, 0.1) is 23.2 Å². The van der Waals surface area contributed by atoms with Crippen LogP contribution >= 0.6 is 22.9 Å². The number of likely N-dealkylation sites (tertiary alicyclic amines) is 1.